The average Bonchev–Trinajstić information content (AvgIpc) is 3.08. The molecule has 33 heavy (non-hydrogen) atoms. The second kappa shape index (κ2) is 10.2. The monoisotopic (exact) mass is 469 g/mol. The molecular weight excluding hydrogens is 434 g/mol. The number of rotatable bonds is 6. The van der Waals surface area contributed by atoms with Crippen molar-refractivity contribution in [1.82, 2.24) is 10.2 Å². The highest BCUT2D eigenvalue weighted by molar-refractivity contribution is 8.00. The topological polar surface area (TPSA) is 78.8 Å². The molecule has 0 bridgehead atoms. The van der Waals surface area contributed by atoms with Gasteiger partial charge >= 0.3 is 0 Å². The molecule has 178 valence electrons. The van der Waals surface area contributed by atoms with Crippen LogP contribution in [0.2, 0.25) is 0 Å². The number of amides is 1. The smallest absolute Gasteiger partial charge is 0.285 e. The maximum Gasteiger partial charge on any atom is 0.285 e. The Hall–Kier alpha value is -2.41. The van der Waals surface area contributed by atoms with Gasteiger partial charge in [0, 0.05) is 31.1 Å². The van der Waals surface area contributed by atoms with Crippen LogP contribution in [0.15, 0.2) is 45.9 Å². The summed E-state index contributed by atoms with van der Waals surface area (Å²) < 4.78 is 29.9. The molecular formula is C26H35N3O3S. The minimum Gasteiger partial charge on any atom is -0.356 e. The summed E-state index contributed by atoms with van der Waals surface area (Å²) in [5.74, 6) is 0.634. The molecule has 1 fully saturated rings. The fraction of sp³-hybridized carbons (Fsp3) is 0.538. The molecule has 7 heteroatoms. The summed E-state index contributed by atoms with van der Waals surface area (Å²) in [6, 6.07) is 7.68. The Balaban J connectivity index is 1.35. The molecule has 1 N–H and O–H groups in total. The molecule has 3 aliphatic rings. The van der Waals surface area contributed by atoms with Crippen molar-refractivity contribution >= 4 is 26.7 Å². The minimum absolute atomic E-state index is 0.0226. The number of piperidine rings is 1. The minimum atomic E-state index is -3.72. The zero-order valence-electron chi connectivity index (χ0n) is 19.8. The molecule has 0 unspecified atom stereocenters. The SMILES string of the molecule is CCc1ccc(C2=C(C)C(N3CCC(C(=O)NCCC4=CCCCC4)CC3)=NS2(=O)=O)cc1. The normalized spacial score (nSPS) is 21.1. The molecule has 2 heterocycles. The first kappa shape index (κ1) is 23.7. The number of hydrogen-bond donors (Lipinski definition) is 1. The summed E-state index contributed by atoms with van der Waals surface area (Å²) in [7, 11) is -3.72. The molecule has 0 radical (unpaired) electrons. The van der Waals surface area contributed by atoms with Crippen LogP contribution >= 0.6 is 0 Å². The van der Waals surface area contributed by atoms with Gasteiger partial charge in [0.25, 0.3) is 10.0 Å². The first-order valence-electron chi connectivity index (χ1n) is 12.2. The Morgan fingerprint density at radius 3 is 2.52 bits per heavy atom. The van der Waals surface area contributed by atoms with Crippen LogP contribution in [0.5, 0.6) is 0 Å². The largest absolute Gasteiger partial charge is 0.356 e. The average molecular weight is 470 g/mol. The number of aryl methyl sites for hydroxylation is 1. The van der Waals surface area contributed by atoms with Crippen LogP contribution < -0.4 is 5.32 Å². The first-order chi connectivity index (χ1) is 15.9. The Labute approximate surface area is 197 Å². The molecule has 0 atom stereocenters. The Bertz CT molecular complexity index is 1080. The van der Waals surface area contributed by atoms with E-state index in [1.165, 1.54) is 30.4 Å². The fourth-order valence-corrected chi connectivity index (χ4v) is 6.53. The van der Waals surface area contributed by atoms with Crippen LogP contribution in [0, 0.1) is 5.92 Å². The maximum absolute atomic E-state index is 12.9. The van der Waals surface area contributed by atoms with Gasteiger partial charge in [0.1, 0.15) is 10.7 Å². The second-order valence-electron chi connectivity index (χ2n) is 9.31. The van der Waals surface area contributed by atoms with E-state index in [1.807, 2.05) is 36.1 Å². The summed E-state index contributed by atoms with van der Waals surface area (Å²) in [5.41, 5.74) is 4.03. The number of hydrogen-bond acceptors (Lipinski definition) is 4. The highest BCUT2D eigenvalue weighted by atomic mass is 32.2. The molecule has 1 saturated heterocycles. The van der Waals surface area contributed by atoms with Crippen molar-refractivity contribution in [1.29, 1.82) is 0 Å². The van der Waals surface area contributed by atoms with Gasteiger partial charge in [-0.3, -0.25) is 4.79 Å². The number of allylic oxidation sites excluding steroid dienone is 1. The van der Waals surface area contributed by atoms with Gasteiger partial charge < -0.3 is 10.2 Å². The number of nitrogens with zero attached hydrogens (tertiary/aromatic N) is 2. The summed E-state index contributed by atoms with van der Waals surface area (Å²) in [4.78, 5) is 15.0. The molecule has 1 amide bonds. The number of benzene rings is 1. The Morgan fingerprint density at radius 1 is 1.15 bits per heavy atom. The number of sulfonamides is 1. The second-order valence-corrected chi connectivity index (χ2v) is 10.8. The van der Waals surface area contributed by atoms with E-state index in [0.29, 0.717) is 54.4 Å². The van der Waals surface area contributed by atoms with Gasteiger partial charge in [-0.1, -0.05) is 42.8 Å². The van der Waals surface area contributed by atoms with E-state index in [1.54, 1.807) is 0 Å². The van der Waals surface area contributed by atoms with E-state index in [0.717, 1.165) is 19.3 Å². The Kier molecular flexibility index (Phi) is 7.37. The van der Waals surface area contributed by atoms with Crippen molar-refractivity contribution < 1.29 is 13.2 Å². The lowest BCUT2D eigenvalue weighted by molar-refractivity contribution is -0.126. The zero-order chi connectivity index (χ0) is 23.4. The third-order valence-electron chi connectivity index (χ3n) is 7.06. The van der Waals surface area contributed by atoms with Gasteiger partial charge in [-0.05, 0) is 69.4 Å². The summed E-state index contributed by atoms with van der Waals surface area (Å²) >= 11 is 0. The van der Waals surface area contributed by atoms with Crippen molar-refractivity contribution in [2.24, 2.45) is 10.3 Å². The van der Waals surface area contributed by atoms with Crippen LogP contribution in [0.3, 0.4) is 0 Å². The van der Waals surface area contributed by atoms with Crippen LogP contribution in [-0.4, -0.2) is 44.7 Å². The molecule has 1 aromatic rings. The van der Waals surface area contributed by atoms with E-state index in [9.17, 15) is 13.2 Å². The van der Waals surface area contributed by atoms with Gasteiger partial charge in [0.05, 0.1) is 0 Å². The number of amidine groups is 1. The maximum atomic E-state index is 12.9. The van der Waals surface area contributed by atoms with Crippen molar-refractivity contribution in [3.63, 3.8) is 0 Å². The van der Waals surface area contributed by atoms with Crippen LogP contribution in [0.25, 0.3) is 4.91 Å². The lowest BCUT2D eigenvalue weighted by Gasteiger charge is -2.33. The quantitative estimate of drug-likeness (QED) is 0.625. The van der Waals surface area contributed by atoms with Crippen molar-refractivity contribution in [2.75, 3.05) is 19.6 Å². The summed E-state index contributed by atoms with van der Waals surface area (Å²) in [5, 5.41) is 3.11. The first-order valence-corrected chi connectivity index (χ1v) is 13.7. The third kappa shape index (κ3) is 5.40. The fourth-order valence-electron chi connectivity index (χ4n) is 5.05. The van der Waals surface area contributed by atoms with Crippen molar-refractivity contribution in [3.05, 3.63) is 52.6 Å². The zero-order valence-corrected chi connectivity index (χ0v) is 20.6. The molecule has 0 saturated carbocycles. The number of carbonyl (C=O) groups excluding carboxylic acids is 1. The van der Waals surface area contributed by atoms with Crippen LogP contribution in [-0.2, 0) is 21.2 Å². The molecule has 1 aliphatic carbocycles. The Morgan fingerprint density at radius 2 is 1.88 bits per heavy atom. The van der Waals surface area contributed by atoms with E-state index >= 15 is 0 Å². The molecule has 6 nitrogen and oxygen atoms in total. The summed E-state index contributed by atoms with van der Waals surface area (Å²) in [6.07, 6.45) is 10.5. The van der Waals surface area contributed by atoms with Crippen LogP contribution in [0.1, 0.15) is 69.9 Å². The highest BCUT2D eigenvalue weighted by Gasteiger charge is 2.35. The number of nitrogens with one attached hydrogen (secondary N) is 1. The predicted molar refractivity (Wildman–Crippen MR) is 133 cm³/mol. The van der Waals surface area contributed by atoms with Gasteiger partial charge in [-0.2, -0.15) is 8.42 Å². The number of likely N-dealkylation sites (tertiary alicyclic amines) is 1. The molecule has 1 aromatic carbocycles. The van der Waals surface area contributed by atoms with E-state index in [-0.39, 0.29) is 11.8 Å². The van der Waals surface area contributed by atoms with E-state index in [2.05, 4.69) is 22.7 Å². The predicted octanol–water partition coefficient (Wildman–Crippen LogP) is 4.44. The van der Waals surface area contributed by atoms with Gasteiger partial charge in [0.15, 0.2) is 0 Å². The third-order valence-corrected chi connectivity index (χ3v) is 8.53. The van der Waals surface area contributed by atoms with E-state index < -0.39 is 10.0 Å². The molecule has 0 spiro atoms. The van der Waals surface area contributed by atoms with Crippen molar-refractivity contribution in [2.45, 2.75) is 65.2 Å². The van der Waals surface area contributed by atoms with E-state index in [4.69, 9.17) is 0 Å². The number of carbonyl (C=O) groups is 1. The molecule has 0 aromatic heterocycles. The molecule has 4 rings (SSSR count). The molecule has 2 aliphatic heterocycles. The lowest BCUT2D eigenvalue weighted by atomic mass is 9.94. The van der Waals surface area contributed by atoms with Gasteiger partial charge in [0.2, 0.25) is 5.91 Å². The van der Waals surface area contributed by atoms with Gasteiger partial charge in [-0.15, -0.1) is 4.40 Å². The van der Waals surface area contributed by atoms with Crippen molar-refractivity contribution in [3.8, 4) is 0 Å². The standard InChI is InChI=1S/C26H35N3O3S/c1-3-20-9-11-22(12-10-20)24-19(2)25(28-33(24,31)32)29-17-14-23(15-18-29)26(30)27-16-13-21-7-5-4-6-8-21/h7,9-12,23H,3-6,8,13-18H2,1-2H3,(H,27,30). The van der Waals surface area contributed by atoms with Gasteiger partial charge in [-0.25, -0.2) is 0 Å². The lowest BCUT2D eigenvalue weighted by Crippen LogP contribution is -2.43. The van der Waals surface area contributed by atoms with Crippen LogP contribution in [0.4, 0.5) is 0 Å². The summed E-state index contributed by atoms with van der Waals surface area (Å²) in [6.45, 7) is 5.89. The highest BCUT2D eigenvalue weighted by Crippen LogP contribution is 2.35.